The monoisotopic (exact) mass is 528 g/mol. The third-order valence-electron chi connectivity index (χ3n) is 5.66. The Morgan fingerprint density at radius 1 is 0.649 bits per heavy atom. The van der Waals surface area contributed by atoms with E-state index in [-0.39, 0.29) is 5.91 Å². The van der Waals surface area contributed by atoms with Gasteiger partial charge in [-0.1, -0.05) is 66.3 Å². The zero-order chi connectivity index (χ0) is 25.9. The van der Waals surface area contributed by atoms with Crippen molar-refractivity contribution in [3.63, 3.8) is 0 Å². The number of hydrogen-bond acceptors (Lipinski definition) is 6. The van der Waals surface area contributed by atoms with Crippen LogP contribution in [0.4, 0.5) is 22.7 Å². The van der Waals surface area contributed by atoms with Crippen molar-refractivity contribution in [1.29, 1.82) is 0 Å². The molecule has 5 nitrogen and oxygen atoms in total. The number of anilines is 4. The molecule has 0 aliphatic carbocycles. The predicted molar refractivity (Wildman–Crippen MR) is 158 cm³/mol. The summed E-state index contributed by atoms with van der Waals surface area (Å²) in [4.78, 5) is 16.7. The van der Waals surface area contributed by atoms with Crippen LogP contribution in [0, 0.1) is 0 Å². The quantitative estimate of drug-likeness (QED) is 0.111. The topological polar surface area (TPSA) is 93.2 Å². The molecule has 0 unspecified atom stereocenters. The third-order valence-corrected chi connectivity index (χ3v) is 7.82. The summed E-state index contributed by atoms with van der Waals surface area (Å²) in [6, 6.07) is 31.9. The second-order valence-corrected chi connectivity index (χ2v) is 10.9. The highest BCUT2D eigenvalue weighted by Crippen LogP contribution is 2.34. The Morgan fingerprint density at radius 2 is 1.22 bits per heavy atom. The lowest BCUT2D eigenvalue weighted by Gasteiger charge is -2.10. The average molecular weight is 529 g/mol. The molecule has 0 saturated heterocycles. The third kappa shape index (κ3) is 8.51. The Kier molecular flexibility index (Phi) is 9.80. The van der Waals surface area contributed by atoms with Gasteiger partial charge in [0.05, 0.1) is 0 Å². The van der Waals surface area contributed by atoms with Gasteiger partial charge >= 0.3 is 0 Å². The van der Waals surface area contributed by atoms with Gasteiger partial charge in [0, 0.05) is 55.3 Å². The Hall–Kier alpha value is -3.55. The molecule has 0 aliphatic rings. The number of para-hydroxylation sites is 2. The van der Waals surface area contributed by atoms with Crippen molar-refractivity contribution in [2.24, 2.45) is 0 Å². The molecular weight excluding hydrogens is 496 g/mol. The van der Waals surface area contributed by atoms with Crippen LogP contribution in [0.1, 0.15) is 25.7 Å². The van der Waals surface area contributed by atoms with Crippen LogP contribution in [0.3, 0.4) is 0 Å². The van der Waals surface area contributed by atoms with Crippen molar-refractivity contribution in [2.45, 2.75) is 45.3 Å². The van der Waals surface area contributed by atoms with E-state index < -0.39 is 0 Å². The van der Waals surface area contributed by atoms with E-state index in [2.05, 4.69) is 34.9 Å². The first kappa shape index (κ1) is 26.5. The number of carbonyl (C=O) groups is 1. The predicted octanol–water partition coefficient (Wildman–Crippen LogP) is 7.76. The lowest BCUT2D eigenvalue weighted by molar-refractivity contribution is -0.116. The molecule has 37 heavy (non-hydrogen) atoms. The molecule has 0 radical (unpaired) electrons. The van der Waals surface area contributed by atoms with E-state index in [0.717, 1.165) is 68.1 Å². The lowest BCUT2D eigenvalue weighted by atomic mass is 10.2. The Labute approximate surface area is 227 Å². The fraction of sp³-hybridized carbons (Fsp3) is 0.167. The molecular formula is C30H32N4OS2. The second-order valence-electron chi connectivity index (χ2n) is 8.62. The van der Waals surface area contributed by atoms with Gasteiger partial charge in [0.25, 0.3) is 0 Å². The summed E-state index contributed by atoms with van der Waals surface area (Å²) in [5, 5.41) is 6.51. The zero-order valence-corrected chi connectivity index (χ0v) is 22.3. The maximum absolute atomic E-state index is 12.4. The van der Waals surface area contributed by atoms with Gasteiger partial charge < -0.3 is 22.1 Å². The van der Waals surface area contributed by atoms with Crippen molar-refractivity contribution in [1.82, 2.24) is 0 Å². The van der Waals surface area contributed by atoms with Crippen LogP contribution < -0.4 is 22.1 Å². The Bertz CT molecular complexity index is 1330. The van der Waals surface area contributed by atoms with Crippen LogP contribution in [-0.2, 0) is 4.79 Å². The normalized spacial score (nSPS) is 10.7. The van der Waals surface area contributed by atoms with Crippen LogP contribution in [-0.4, -0.2) is 12.5 Å². The maximum Gasteiger partial charge on any atom is 0.224 e. The molecule has 4 rings (SSSR count). The van der Waals surface area contributed by atoms with Crippen LogP contribution in [0.2, 0.25) is 0 Å². The fourth-order valence-electron chi connectivity index (χ4n) is 3.75. The van der Waals surface area contributed by atoms with E-state index in [1.807, 2.05) is 72.8 Å². The van der Waals surface area contributed by atoms with Gasteiger partial charge in [0.2, 0.25) is 5.91 Å². The molecule has 6 N–H and O–H groups in total. The molecule has 7 heteroatoms. The number of nitrogens with one attached hydrogen (secondary N) is 2. The smallest absolute Gasteiger partial charge is 0.224 e. The number of carbonyl (C=O) groups excluding carboxylic acids is 1. The summed E-state index contributed by atoms with van der Waals surface area (Å²) in [5.74, 6) is 0.0410. The van der Waals surface area contributed by atoms with Crippen LogP contribution in [0.25, 0.3) is 0 Å². The molecule has 0 saturated carbocycles. The van der Waals surface area contributed by atoms with Gasteiger partial charge in [-0.05, 0) is 73.5 Å². The van der Waals surface area contributed by atoms with Gasteiger partial charge in [-0.2, -0.15) is 0 Å². The Balaban J connectivity index is 1.15. The summed E-state index contributed by atoms with van der Waals surface area (Å²) < 4.78 is 0. The van der Waals surface area contributed by atoms with Crippen molar-refractivity contribution in [3.8, 4) is 0 Å². The van der Waals surface area contributed by atoms with E-state index in [9.17, 15) is 4.79 Å². The molecule has 0 aliphatic heterocycles. The summed E-state index contributed by atoms with van der Waals surface area (Å²) in [7, 11) is 0. The number of rotatable bonds is 12. The summed E-state index contributed by atoms with van der Waals surface area (Å²) in [6.07, 6.45) is 3.35. The molecule has 190 valence electrons. The highest BCUT2D eigenvalue weighted by molar-refractivity contribution is 7.99. The van der Waals surface area contributed by atoms with Gasteiger partial charge in [-0.3, -0.25) is 4.79 Å². The molecule has 0 fully saturated rings. The molecule has 0 atom stereocenters. The minimum atomic E-state index is 0.0410. The number of amides is 1. The van der Waals surface area contributed by atoms with Crippen LogP contribution >= 0.6 is 23.5 Å². The highest BCUT2D eigenvalue weighted by atomic mass is 32.2. The number of nitrogens with two attached hydrogens (primary N) is 2. The number of hydrogen-bond donors (Lipinski definition) is 4. The number of benzene rings is 4. The molecule has 0 aromatic heterocycles. The van der Waals surface area contributed by atoms with E-state index >= 15 is 0 Å². The molecule has 4 aromatic carbocycles. The molecule has 4 aromatic rings. The van der Waals surface area contributed by atoms with Crippen molar-refractivity contribution in [2.75, 3.05) is 28.6 Å². The SMILES string of the molecule is Nc1ccccc1Sc1cccc(NCCCCCC(=O)Nc2cccc(Sc3ccccc3N)c2)c1. The first-order valence-corrected chi connectivity index (χ1v) is 14.0. The minimum Gasteiger partial charge on any atom is -0.398 e. The van der Waals surface area contributed by atoms with Crippen molar-refractivity contribution in [3.05, 3.63) is 97.1 Å². The number of unbranched alkanes of at least 4 members (excludes halogenated alkanes) is 2. The molecule has 0 heterocycles. The first-order chi connectivity index (χ1) is 18.1. The van der Waals surface area contributed by atoms with E-state index in [1.165, 1.54) is 0 Å². The zero-order valence-electron chi connectivity index (χ0n) is 20.7. The molecule has 0 spiro atoms. The first-order valence-electron chi connectivity index (χ1n) is 12.4. The number of nitrogen functional groups attached to an aromatic ring is 2. The lowest BCUT2D eigenvalue weighted by Crippen LogP contribution is -2.11. The molecule has 0 bridgehead atoms. The van der Waals surface area contributed by atoms with Crippen molar-refractivity contribution >= 4 is 52.2 Å². The fourth-order valence-corrected chi connectivity index (χ4v) is 5.59. The van der Waals surface area contributed by atoms with Crippen molar-refractivity contribution < 1.29 is 4.79 Å². The van der Waals surface area contributed by atoms with E-state index in [4.69, 9.17) is 11.5 Å². The van der Waals surface area contributed by atoms with Crippen LogP contribution in [0.15, 0.2) is 117 Å². The largest absolute Gasteiger partial charge is 0.398 e. The minimum absolute atomic E-state index is 0.0410. The second kappa shape index (κ2) is 13.7. The molecule has 1 amide bonds. The highest BCUT2D eigenvalue weighted by Gasteiger charge is 2.06. The summed E-state index contributed by atoms with van der Waals surface area (Å²) >= 11 is 3.26. The van der Waals surface area contributed by atoms with Gasteiger partial charge in [0.15, 0.2) is 0 Å². The van der Waals surface area contributed by atoms with E-state index in [0.29, 0.717) is 6.42 Å². The van der Waals surface area contributed by atoms with Gasteiger partial charge in [-0.25, -0.2) is 0 Å². The van der Waals surface area contributed by atoms with Crippen LogP contribution in [0.5, 0.6) is 0 Å². The van der Waals surface area contributed by atoms with Gasteiger partial charge in [0.1, 0.15) is 0 Å². The average Bonchev–Trinajstić information content (AvgIpc) is 2.89. The van der Waals surface area contributed by atoms with Gasteiger partial charge in [-0.15, -0.1) is 0 Å². The Morgan fingerprint density at radius 3 is 1.84 bits per heavy atom. The summed E-state index contributed by atoms with van der Waals surface area (Å²) in [5.41, 5.74) is 15.6. The standard InChI is InChI=1S/C30H32N4OS2/c31-26-14-3-5-16-28(26)36-24-12-8-10-22(20-24)33-19-7-1-2-18-30(35)34-23-11-9-13-25(21-23)37-29-17-6-4-15-27(29)32/h3-6,8-17,20-21,33H,1-2,7,18-19,31-32H2,(H,34,35). The summed E-state index contributed by atoms with van der Waals surface area (Å²) in [6.45, 7) is 0.866. The van der Waals surface area contributed by atoms with E-state index in [1.54, 1.807) is 23.5 Å². The maximum atomic E-state index is 12.4.